The summed E-state index contributed by atoms with van der Waals surface area (Å²) >= 11 is 0. The first kappa shape index (κ1) is 14.9. The number of hydrogen-bond donors (Lipinski definition) is 1. The third kappa shape index (κ3) is 4.55. The van der Waals surface area contributed by atoms with E-state index < -0.39 is 0 Å². The maximum absolute atomic E-state index is 12.2. The fraction of sp³-hybridized carbons (Fsp3) is 0.588. The molecule has 110 valence electrons. The average molecular weight is 275 g/mol. The molecule has 20 heavy (non-hydrogen) atoms. The van der Waals surface area contributed by atoms with Crippen molar-refractivity contribution in [1.29, 1.82) is 0 Å². The van der Waals surface area contributed by atoms with Crippen LogP contribution in [-0.2, 0) is 4.79 Å². The fourth-order valence-electron chi connectivity index (χ4n) is 2.61. The van der Waals surface area contributed by atoms with Crippen molar-refractivity contribution in [3.8, 4) is 5.75 Å². The number of amides is 1. The van der Waals surface area contributed by atoms with E-state index in [-0.39, 0.29) is 11.8 Å². The van der Waals surface area contributed by atoms with Gasteiger partial charge in [0.1, 0.15) is 5.75 Å². The Labute approximate surface area is 121 Å². The maximum atomic E-state index is 12.2. The topological polar surface area (TPSA) is 38.3 Å². The highest BCUT2D eigenvalue weighted by atomic mass is 16.5. The standard InChI is InChI=1S/C17H25NO2/c1-2-3-12-20-16-11-7-10-15(13-16)18-17(19)14-8-5-4-6-9-14/h7,10-11,13-14H,2-6,8-9,12H2,1H3,(H,18,19). The highest BCUT2D eigenvalue weighted by Gasteiger charge is 2.20. The van der Waals surface area contributed by atoms with Crippen molar-refractivity contribution in [1.82, 2.24) is 0 Å². The Hall–Kier alpha value is -1.51. The van der Waals surface area contributed by atoms with Gasteiger partial charge in [0, 0.05) is 17.7 Å². The zero-order valence-electron chi connectivity index (χ0n) is 12.4. The van der Waals surface area contributed by atoms with E-state index in [0.717, 1.165) is 43.7 Å². The normalized spacial score (nSPS) is 15.8. The molecular formula is C17H25NO2. The van der Waals surface area contributed by atoms with Crippen LogP contribution in [0, 0.1) is 5.92 Å². The number of carbonyl (C=O) groups is 1. The molecule has 1 aromatic carbocycles. The number of carbonyl (C=O) groups excluding carboxylic acids is 1. The largest absolute Gasteiger partial charge is 0.494 e. The molecular weight excluding hydrogens is 250 g/mol. The van der Waals surface area contributed by atoms with Crippen LogP contribution in [0.2, 0.25) is 0 Å². The van der Waals surface area contributed by atoms with Crippen molar-refractivity contribution in [2.45, 2.75) is 51.9 Å². The molecule has 0 spiro atoms. The number of hydrogen-bond acceptors (Lipinski definition) is 2. The minimum atomic E-state index is 0.162. The van der Waals surface area contributed by atoms with Crippen LogP contribution in [0.4, 0.5) is 5.69 Å². The molecule has 1 fully saturated rings. The summed E-state index contributed by atoms with van der Waals surface area (Å²) < 4.78 is 5.66. The first-order chi connectivity index (χ1) is 9.79. The summed E-state index contributed by atoms with van der Waals surface area (Å²) in [5, 5.41) is 3.02. The number of unbranched alkanes of at least 4 members (excludes halogenated alkanes) is 1. The van der Waals surface area contributed by atoms with E-state index in [1.165, 1.54) is 19.3 Å². The van der Waals surface area contributed by atoms with Crippen molar-refractivity contribution in [3.63, 3.8) is 0 Å². The molecule has 0 aromatic heterocycles. The van der Waals surface area contributed by atoms with Crippen molar-refractivity contribution < 1.29 is 9.53 Å². The molecule has 0 unspecified atom stereocenters. The summed E-state index contributed by atoms with van der Waals surface area (Å²) in [4.78, 5) is 12.2. The lowest BCUT2D eigenvalue weighted by atomic mass is 9.88. The van der Waals surface area contributed by atoms with E-state index in [1.807, 2.05) is 24.3 Å². The SMILES string of the molecule is CCCCOc1cccc(NC(=O)C2CCCCC2)c1. The van der Waals surface area contributed by atoms with E-state index in [9.17, 15) is 4.79 Å². The first-order valence-corrected chi connectivity index (χ1v) is 7.83. The number of nitrogens with one attached hydrogen (secondary N) is 1. The second kappa shape index (κ2) is 7.93. The van der Waals surface area contributed by atoms with Crippen LogP contribution in [-0.4, -0.2) is 12.5 Å². The minimum Gasteiger partial charge on any atom is -0.494 e. The van der Waals surface area contributed by atoms with Gasteiger partial charge in [0.15, 0.2) is 0 Å². The van der Waals surface area contributed by atoms with Gasteiger partial charge in [0.2, 0.25) is 5.91 Å². The highest BCUT2D eigenvalue weighted by Crippen LogP contribution is 2.25. The summed E-state index contributed by atoms with van der Waals surface area (Å²) in [6.45, 7) is 2.88. The van der Waals surface area contributed by atoms with Gasteiger partial charge >= 0.3 is 0 Å². The van der Waals surface area contributed by atoms with E-state index in [4.69, 9.17) is 4.74 Å². The Morgan fingerprint density at radius 3 is 2.85 bits per heavy atom. The number of rotatable bonds is 6. The Morgan fingerprint density at radius 1 is 1.30 bits per heavy atom. The Balaban J connectivity index is 1.88. The number of anilines is 1. The van der Waals surface area contributed by atoms with Gasteiger partial charge in [-0.15, -0.1) is 0 Å². The molecule has 3 nitrogen and oxygen atoms in total. The highest BCUT2D eigenvalue weighted by molar-refractivity contribution is 5.92. The van der Waals surface area contributed by atoms with Gasteiger partial charge in [-0.2, -0.15) is 0 Å². The lowest BCUT2D eigenvalue weighted by Crippen LogP contribution is -2.24. The van der Waals surface area contributed by atoms with Crippen LogP contribution in [0.1, 0.15) is 51.9 Å². The molecule has 3 heteroatoms. The van der Waals surface area contributed by atoms with Crippen molar-refractivity contribution in [2.75, 3.05) is 11.9 Å². The molecule has 1 aliphatic rings. The first-order valence-electron chi connectivity index (χ1n) is 7.83. The molecule has 2 rings (SSSR count). The molecule has 1 aliphatic carbocycles. The quantitative estimate of drug-likeness (QED) is 0.782. The van der Waals surface area contributed by atoms with E-state index >= 15 is 0 Å². The summed E-state index contributed by atoms with van der Waals surface area (Å²) in [6, 6.07) is 7.70. The molecule has 0 bridgehead atoms. The van der Waals surface area contributed by atoms with E-state index in [2.05, 4.69) is 12.2 Å². The third-order valence-electron chi connectivity index (χ3n) is 3.84. The van der Waals surface area contributed by atoms with Crippen molar-refractivity contribution >= 4 is 11.6 Å². The number of benzene rings is 1. The molecule has 0 heterocycles. The smallest absolute Gasteiger partial charge is 0.227 e. The lowest BCUT2D eigenvalue weighted by molar-refractivity contribution is -0.120. The second-order valence-corrected chi connectivity index (χ2v) is 5.55. The van der Waals surface area contributed by atoms with Crippen LogP contribution in [0.5, 0.6) is 5.75 Å². The molecule has 0 atom stereocenters. The van der Waals surface area contributed by atoms with Gasteiger partial charge in [-0.25, -0.2) is 0 Å². The summed E-state index contributed by atoms with van der Waals surface area (Å²) in [6.07, 6.45) is 7.86. The Bertz CT molecular complexity index is 425. The molecule has 1 saturated carbocycles. The lowest BCUT2D eigenvalue weighted by Gasteiger charge is -2.20. The van der Waals surface area contributed by atoms with Crippen molar-refractivity contribution in [3.05, 3.63) is 24.3 Å². The predicted molar refractivity (Wildman–Crippen MR) is 82.0 cm³/mol. The zero-order chi connectivity index (χ0) is 14.2. The summed E-state index contributed by atoms with van der Waals surface area (Å²) in [5.41, 5.74) is 0.842. The van der Waals surface area contributed by atoms with Gasteiger partial charge < -0.3 is 10.1 Å². The fourth-order valence-corrected chi connectivity index (χ4v) is 2.61. The predicted octanol–water partition coefficient (Wildman–Crippen LogP) is 4.38. The van der Waals surface area contributed by atoms with Gasteiger partial charge in [-0.1, -0.05) is 38.7 Å². The van der Waals surface area contributed by atoms with Gasteiger partial charge in [-0.3, -0.25) is 4.79 Å². The van der Waals surface area contributed by atoms with Crippen molar-refractivity contribution in [2.24, 2.45) is 5.92 Å². The van der Waals surface area contributed by atoms with Crippen LogP contribution >= 0.6 is 0 Å². The minimum absolute atomic E-state index is 0.162. The molecule has 0 radical (unpaired) electrons. The van der Waals surface area contributed by atoms with Crippen LogP contribution < -0.4 is 10.1 Å². The summed E-state index contributed by atoms with van der Waals surface area (Å²) in [7, 11) is 0. The summed E-state index contributed by atoms with van der Waals surface area (Å²) in [5.74, 6) is 1.18. The molecule has 0 saturated heterocycles. The van der Waals surface area contributed by atoms with Gasteiger partial charge in [-0.05, 0) is 31.4 Å². The van der Waals surface area contributed by atoms with E-state index in [0.29, 0.717) is 0 Å². The monoisotopic (exact) mass is 275 g/mol. The Kier molecular flexibility index (Phi) is 5.90. The Morgan fingerprint density at radius 2 is 2.10 bits per heavy atom. The zero-order valence-corrected chi connectivity index (χ0v) is 12.4. The molecule has 0 aliphatic heterocycles. The van der Waals surface area contributed by atoms with Crippen LogP contribution in [0.15, 0.2) is 24.3 Å². The maximum Gasteiger partial charge on any atom is 0.227 e. The van der Waals surface area contributed by atoms with Crippen LogP contribution in [0.3, 0.4) is 0 Å². The molecule has 1 aromatic rings. The van der Waals surface area contributed by atoms with E-state index in [1.54, 1.807) is 0 Å². The number of ether oxygens (including phenoxy) is 1. The molecule has 1 N–H and O–H groups in total. The van der Waals surface area contributed by atoms with Crippen LogP contribution in [0.25, 0.3) is 0 Å². The third-order valence-corrected chi connectivity index (χ3v) is 3.84. The average Bonchev–Trinajstić information content (AvgIpc) is 2.49. The molecule has 1 amide bonds. The van der Waals surface area contributed by atoms with Gasteiger partial charge in [0.25, 0.3) is 0 Å². The second-order valence-electron chi connectivity index (χ2n) is 5.55. The van der Waals surface area contributed by atoms with Gasteiger partial charge in [0.05, 0.1) is 6.61 Å².